The van der Waals surface area contributed by atoms with Crippen LogP contribution in [-0.4, -0.2) is 24.4 Å². The third-order valence-electron chi connectivity index (χ3n) is 2.52. The monoisotopic (exact) mass is 269 g/mol. The first-order valence-corrected chi connectivity index (χ1v) is 5.97. The van der Waals surface area contributed by atoms with Crippen LogP contribution in [0.1, 0.15) is 12.5 Å². The quantitative estimate of drug-likeness (QED) is 0.457. The van der Waals surface area contributed by atoms with Crippen LogP contribution in [0.4, 0.5) is 5.69 Å². The first-order valence-electron chi connectivity index (χ1n) is 5.97. The van der Waals surface area contributed by atoms with Crippen LogP contribution in [0, 0.1) is 11.8 Å². The Balaban J connectivity index is 2.13. The third kappa shape index (κ3) is 2.93. The zero-order valence-electron chi connectivity index (χ0n) is 10.8. The molecule has 0 N–H and O–H groups in total. The standard InChI is InChI=1S/C15H11NO4/c1-2-20-15(19)10-5-11-3-6-12(7-4-11)16-13(17)8-9-14(16)18/h3-4,6-9H,2H2,1H3. The van der Waals surface area contributed by atoms with Crippen molar-refractivity contribution in [3.8, 4) is 11.8 Å². The molecule has 1 aromatic carbocycles. The van der Waals surface area contributed by atoms with Crippen molar-refractivity contribution < 1.29 is 19.1 Å². The molecule has 20 heavy (non-hydrogen) atoms. The van der Waals surface area contributed by atoms with Crippen LogP contribution in [-0.2, 0) is 19.1 Å². The maximum atomic E-state index is 11.5. The Labute approximate surface area is 115 Å². The number of hydrogen-bond acceptors (Lipinski definition) is 4. The molecular formula is C15H11NO4. The van der Waals surface area contributed by atoms with Crippen molar-refractivity contribution in [3.63, 3.8) is 0 Å². The number of esters is 1. The van der Waals surface area contributed by atoms with Gasteiger partial charge in [-0.2, -0.15) is 0 Å². The molecule has 0 spiro atoms. The number of rotatable bonds is 2. The van der Waals surface area contributed by atoms with E-state index in [-0.39, 0.29) is 18.4 Å². The van der Waals surface area contributed by atoms with E-state index in [1.807, 2.05) is 0 Å². The van der Waals surface area contributed by atoms with E-state index in [0.29, 0.717) is 11.3 Å². The van der Waals surface area contributed by atoms with E-state index >= 15 is 0 Å². The second kappa shape index (κ2) is 5.85. The van der Waals surface area contributed by atoms with E-state index in [9.17, 15) is 14.4 Å². The van der Waals surface area contributed by atoms with Gasteiger partial charge in [0.1, 0.15) is 0 Å². The highest BCUT2D eigenvalue weighted by Gasteiger charge is 2.24. The van der Waals surface area contributed by atoms with Crippen LogP contribution < -0.4 is 4.90 Å². The molecule has 1 aliphatic rings. The van der Waals surface area contributed by atoms with Gasteiger partial charge in [0.2, 0.25) is 0 Å². The summed E-state index contributed by atoms with van der Waals surface area (Å²) in [5.74, 6) is 3.64. The predicted molar refractivity (Wildman–Crippen MR) is 71.6 cm³/mol. The number of nitrogens with zero attached hydrogens (tertiary/aromatic N) is 1. The molecule has 0 unspecified atom stereocenters. The summed E-state index contributed by atoms with van der Waals surface area (Å²) in [5, 5.41) is 0. The maximum absolute atomic E-state index is 11.5. The number of amides is 2. The van der Waals surface area contributed by atoms with Gasteiger partial charge in [0, 0.05) is 23.6 Å². The highest BCUT2D eigenvalue weighted by molar-refractivity contribution is 6.28. The number of hydrogen-bond donors (Lipinski definition) is 0. The van der Waals surface area contributed by atoms with Crippen LogP contribution in [0.2, 0.25) is 0 Å². The first kappa shape index (κ1) is 13.6. The van der Waals surface area contributed by atoms with Crippen LogP contribution in [0.25, 0.3) is 0 Å². The minimum Gasteiger partial charge on any atom is -0.456 e. The van der Waals surface area contributed by atoms with Gasteiger partial charge in [0.25, 0.3) is 11.8 Å². The molecule has 0 radical (unpaired) electrons. The number of benzene rings is 1. The summed E-state index contributed by atoms with van der Waals surface area (Å²) in [6.07, 6.45) is 2.44. The van der Waals surface area contributed by atoms with Gasteiger partial charge in [-0.05, 0) is 31.2 Å². The Hall–Kier alpha value is -2.87. The molecule has 0 saturated heterocycles. The van der Waals surface area contributed by atoms with Crippen LogP contribution in [0.3, 0.4) is 0 Å². The molecule has 1 aliphatic heterocycles. The molecule has 1 aromatic rings. The molecule has 5 heteroatoms. The number of carbonyl (C=O) groups excluding carboxylic acids is 3. The van der Waals surface area contributed by atoms with E-state index in [2.05, 4.69) is 16.6 Å². The molecule has 2 amide bonds. The lowest BCUT2D eigenvalue weighted by Crippen LogP contribution is -2.29. The van der Waals surface area contributed by atoms with Crippen molar-refractivity contribution in [3.05, 3.63) is 42.0 Å². The highest BCUT2D eigenvalue weighted by atomic mass is 16.5. The van der Waals surface area contributed by atoms with Crippen molar-refractivity contribution in [2.45, 2.75) is 6.92 Å². The van der Waals surface area contributed by atoms with Crippen molar-refractivity contribution in [2.75, 3.05) is 11.5 Å². The maximum Gasteiger partial charge on any atom is 0.384 e. The van der Waals surface area contributed by atoms with Gasteiger partial charge in [-0.1, -0.05) is 5.92 Å². The summed E-state index contributed by atoms with van der Waals surface area (Å²) in [5.41, 5.74) is 1.06. The topological polar surface area (TPSA) is 63.7 Å². The zero-order chi connectivity index (χ0) is 14.5. The second-order valence-electron chi connectivity index (χ2n) is 3.86. The second-order valence-corrected chi connectivity index (χ2v) is 3.86. The Morgan fingerprint density at radius 3 is 2.30 bits per heavy atom. The van der Waals surface area contributed by atoms with Crippen molar-refractivity contribution in [1.29, 1.82) is 0 Å². The predicted octanol–water partition coefficient (Wildman–Crippen LogP) is 1.03. The van der Waals surface area contributed by atoms with Crippen LogP contribution >= 0.6 is 0 Å². The lowest BCUT2D eigenvalue weighted by Gasteiger charge is -2.13. The molecule has 0 aliphatic carbocycles. The van der Waals surface area contributed by atoms with Crippen molar-refractivity contribution >= 4 is 23.5 Å². The zero-order valence-corrected chi connectivity index (χ0v) is 10.8. The average molecular weight is 269 g/mol. The fourth-order valence-corrected chi connectivity index (χ4v) is 1.64. The fourth-order valence-electron chi connectivity index (χ4n) is 1.64. The largest absolute Gasteiger partial charge is 0.456 e. The minimum absolute atomic E-state index is 0.276. The normalized spacial score (nSPS) is 13.2. The number of ether oxygens (including phenoxy) is 1. The molecule has 1 heterocycles. The van der Waals surface area contributed by atoms with Gasteiger partial charge < -0.3 is 4.74 Å². The molecule has 100 valence electrons. The third-order valence-corrected chi connectivity index (χ3v) is 2.52. The molecule has 0 bridgehead atoms. The minimum atomic E-state index is -0.592. The summed E-state index contributed by atoms with van der Waals surface area (Å²) < 4.78 is 4.68. The molecule has 2 rings (SSSR count). The number of anilines is 1. The summed E-state index contributed by atoms with van der Waals surface area (Å²) in [7, 11) is 0. The van der Waals surface area contributed by atoms with E-state index in [1.54, 1.807) is 31.2 Å². The van der Waals surface area contributed by atoms with Gasteiger partial charge in [0.05, 0.1) is 12.3 Å². The van der Waals surface area contributed by atoms with E-state index in [4.69, 9.17) is 0 Å². The van der Waals surface area contributed by atoms with Gasteiger partial charge in [-0.15, -0.1) is 0 Å². The molecule has 0 atom stereocenters. The smallest absolute Gasteiger partial charge is 0.384 e. The van der Waals surface area contributed by atoms with Crippen molar-refractivity contribution in [1.82, 2.24) is 0 Å². The Kier molecular flexibility index (Phi) is 3.96. The Bertz CT molecular complexity index is 629. The molecule has 0 aromatic heterocycles. The summed E-state index contributed by atoms with van der Waals surface area (Å²) in [6.45, 7) is 1.98. The number of carbonyl (C=O) groups is 3. The van der Waals surface area contributed by atoms with E-state index < -0.39 is 5.97 Å². The number of imide groups is 1. The molecule has 0 saturated carbocycles. The van der Waals surface area contributed by atoms with Crippen molar-refractivity contribution in [2.24, 2.45) is 0 Å². The summed E-state index contributed by atoms with van der Waals surface area (Å²) >= 11 is 0. The Morgan fingerprint density at radius 1 is 1.15 bits per heavy atom. The highest BCUT2D eigenvalue weighted by Crippen LogP contribution is 2.19. The molecule has 0 fully saturated rings. The first-order chi connectivity index (χ1) is 9.61. The summed E-state index contributed by atoms with van der Waals surface area (Å²) in [6, 6.07) is 6.44. The summed E-state index contributed by atoms with van der Waals surface area (Å²) in [4.78, 5) is 35.1. The fraction of sp³-hybridized carbons (Fsp3) is 0.133. The van der Waals surface area contributed by atoms with E-state index in [1.165, 1.54) is 12.2 Å². The van der Waals surface area contributed by atoms with Crippen LogP contribution in [0.5, 0.6) is 0 Å². The average Bonchev–Trinajstić information content (AvgIpc) is 2.77. The van der Waals surface area contributed by atoms with Gasteiger partial charge in [-0.25, -0.2) is 9.69 Å². The SMILES string of the molecule is CCOC(=O)C#Cc1ccc(N2C(=O)C=CC2=O)cc1. The van der Waals surface area contributed by atoms with Crippen LogP contribution in [0.15, 0.2) is 36.4 Å². The lowest BCUT2D eigenvalue weighted by molar-refractivity contribution is -0.136. The van der Waals surface area contributed by atoms with E-state index in [0.717, 1.165) is 4.90 Å². The molecular weight excluding hydrogens is 258 g/mol. The van der Waals surface area contributed by atoms with Gasteiger partial charge in [-0.3, -0.25) is 9.59 Å². The lowest BCUT2D eigenvalue weighted by atomic mass is 10.2. The Morgan fingerprint density at radius 2 is 1.75 bits per heavy atom. The molecule has 5 nitrogen and oxygen atoms in total. The van der Waals surface area contributed by atoms with Gasteiger partial charge in [0.15, 0.2) is 0 Å². The van der Waals surface area contributed by atoms with Gasteiger partial charge >= 0.3 is 5.97 Å².